The molecule has 10 aromatic rings. The van der Waals surface area contributed by atoms with E-state index in [-0.39, 0.29) is 59.7 Å². The SMILES string of the molecule is CC(C)c1cc(CCc2ccc(O)c(C(C)C)c2)ccc1O.Cc1cc(-c2ccc(O)c(C)c2)ccc1O.Cc1cc(C(=O)CCCCC(=O)c2ccc(O)c(C)c2)ccc1O.Cc1cc(CCCCCCc2ccc(O)c(C)c2)ccc1O.O=C(OCCCCOC(=O)c1ccc(O)c2c1CCCC2)c1ccc(O)c2c1CCCC2. The summed E-state index contributed by atoms with van der Waals surface area (Å²) in [6, 6.07) is 50.6. The Morgan fingerprint density at radius 2 is 0.586 bits per heavy atom. The van der Waals surface area contributed by atoms with E-state index in [1.165, 1.54) is 60.1 Å². The van der Waals surface area contributed by atoms with Gasteiger partial charge in [0, 0.05) is 24.0 Å². The van der Waals surface area contributed by atoms with Crippen molar-refractivity contribution in [2.75, 3.05) is 13.2 Å². The van der Waals surface area contributed by atoms with Crippen molar-refractivity contribution in [3.63, 3.8) is 0 Å². The first-order valence-corrected chi connectivity index (χ1v) is 40.9. The lowest BCUT2D eigenvalue weighted by Crippen LogP contribution is -2.15. The summed E-state index contributed by atoms with van der Waals surface area (Å²) in [5, 5.41) is 96.7. The van der Waals surface area contributed by atoms with Crippen molar-refractivity contribution in [3.05, 3.63) is 281 Å². The normalized spacial score (nSPS) is 11.9. The first-order chi connectivity index (χ1) is 55.5. The fourth-order valence-electron chi connectivity index (χ4n) is 14.4. The van der Waals surface area contributed by atoms with E-state index in [9.17, 15) is 70.2 Å². The number of phenols is 10. The van der Waals surface area contributed by atoms with Crippen LogP contribution in [-0.2, 0) is 60.8 Å². The highest BCUT2D eigenvalue weighted by molar-refractivity contribution is 5.97. The summed E-state index contributed by atoms with van der Waals surface area (Å²) < 4.78 is 10.8. The van der Waals surface area contributed by atoms with E-state index in [1.807, 2.05) is 76.2 Å². The van der Waals surface area contributed by atoms with Gasteiger partial charge in [0.05, 0.1) is 24.3 Å². The molecular weight excluding hydrogens is 1460 g/mol. The minimum Gasteiger partial charge on any atom is -0.508 e. The Balaban J connectivity index is 0.000000184. The summed E-state index contributed by atoms with van der Waals surface area (Å²) in [4.78, 5) is 49.2. The number of benzene rings is 10. The van der Waals surface area contributed by atoms with Crippen molar-refractivity contribution in [1.29, 1.82) is 0 Å². The number of fused-ring (bicyclic) bond motifs is 2. The topological polar surface area (TPSA) is 289 Å². The van der Waals surface area contributed by atoms with Crippen LogP contribution >= 0.6 is 0 Å². The Bertz CT molecular complexity index is 4680. The average molecular weight is 1580 g/mol. The number of esters is 2. The number of carbonyl (C=O) groups is 4. The minimum atomic E-state index is -0.365. The van der Waals surface area contributed by atoms with E-state index in [1.54, 1.807) is 98.8 Å². The van der Waals surface area contributed by atoms with Gasteiger partial charge in [-0.1, -0.05) is 101 Å². The van der Waals surface area contributed by atoms with Gasteiger partial charge in [0.15, 0.2) is 11.6 Å². The molecule has 0 amide bonds. The molecule has 0 fully saturated rings. The highest BCUT2D eigenvalue weighted by Crippen LogP contribution is 2.36. The van der Waals surface area contributed by atoms with Gasteiger partial charge in [0.25, 0.3) is 0 Å². The lowest BCUT2D eigenvalue weighted by molar-refractivity contribution is 0.0430. The third-order valence-electron chi connectivity index (χ3n) is 21.6. The molecule has 0 aromatic heterocycles. The fraction of sp³-hybridized carbons (Fsp3) is 0.360. The molecule has 0 aliphatic heterocycles. The van der Waals surface area contributed by atoms with Crippen LogP contribution in [0.4, 0.5) is 0 Å². The predicted molar refractivity (Wildman–Crippen MR) is 460 cm³/mol. The molecule has 0 spiro atoms. The van der Waals surface area contributed by atoms with Gasteiger partial charge in [-0.15, -0.1) is 0 Å². The van der Waals surface area contributed by atoms with Gasteiger partial charge in [-0.2, -0.15) is 0 Å². The van der Waals surface area contributed by atoms with Gasteiger partial charge < -0.3 is 60.5 Å². The molecular formula is C100H118O16. The van der Waals surface area contributed by atoms with Crippen molar-refractivity contribution < 1.29 is 79.7 Å². The second-order valence-corrected chi connectivity index (χ2v) is 31.4. The predicted octanol–water partition coefficient (Wildman–Crippen LogP) is 22.6. The van der Waals surface area contributed by atoms with Crippen LogP contribution in [0.15, 0.2) is 170 Å². The van der Waals surface area contributed by atoms with E-state index >= 15 is 0 Å². The Morgan fingerprint density at radius 3 is 0.914 bits per heavy atom. The summed E-state index contributed by atoms with van der Waals surface area (Å²) in [6.45, 7) is 20.0. The van der Waals surface area contributed by atoms with Crippen LogP contribution in [0.1, 0.15) is 260 Å². The number of hydrogen-bond acceptors (Lipinski definition) is 16. The fourth-order valence-corrected chi connectivity index (χ4v) is 14.4. The molecule has 0 heterocycles. The highest BCUT2D eigenvalue weighted by atomic mass is 16.5. The second-order valence-electron chi connectivity index (χ2n) is 31.4. The van der Waals surface area contributed by atoms with E-state index in [0.29, 0.717) is 118 Å². The third kappa shape index (κ3) is 26.8. The largest absolute Gasteiger partial charge is 0.508 e. The number of aromatic hydroxyl groups is 10. The molecule has 0 radical (unpaired) electrons. The zero-order valence-corrected chi connectivity index (χ0v) is 69.2. The number of phenolic OH excluding ortho intramolecular Hbond substituents is 10. The van der Waals surface area contributed by atoms with Gasteiger partial charge in [-0.05, 0) is 378 Å². The molecule has 0 bridgehead atoms. The minimum absolute atomic E-state index is 0.0195. The Morgan fingerprint density at radius 1 is 0.293 bits per heavy atom. The summed E-state index contributed by atoms with van der Waals surface area (Å²) in [6.07, 6.45) is 19.3. The molecule has 0 atom stereocenters. The van der Waals surface area contributed by atoms with Gasteiger partial charge >= 0.3 is 11.9 Å². The van der Waals surface area contributed by atoms with Crippen molar-refractivity contribution >= 4 is 23.5 Å². The quantitative estimate of drug-likeness (QED) is 0.0130. The maximum Gasteiger partial charge on any atom is 0.338 e. The number of aryl methyl sites for hydroxylation is 10. The van der Waals surface area contributed by atoms with Gasteiger partial charge in [-0.3, -0.25) is 9.59 Å². The molecule has 614 valence electrons. The first kappa shape index (κ1) is 90.0. The van der Waals surface area contributed by atoms with E-state index in [2.05, 4.69) is 52.0 Å². The highest BCUT2D eigenvalue weighted by Gasteiger charge is 2.24. The molecule has 10 aromatic carbocycles. The summed E-state index contributed by atoms with van der Waals surface area (Å²) in [5.41, 5.74) is 20.0. The molecule has 16 nitrogen and oxygen atoms in total. The molecule has 12 rings (SSSR count). The molecule has 16 heteroatoms. The third-order valence-corrected chi connectivity index (χ3v) is 21.6. The molecule has 2 aliphatic carbocycles. The van der Waals surface area contributed by atoms with Crippen LogP contribution in [0.5, 0.6) is 57.5 Å². The van der Waals surface area contributed by atoms with Crippen molar-refractivity contribution in [3.8, 4) is 68.6 Å². The van der Waals surface area contributed by atoms with Crippen molar-refractivity contribution in [2.45, 2.75) is 222 Å². The summed E-state index contributed by atoms with van der Waals surface area (Å²) in [7, 11) is 0. The molecule has 0 saturated carbocycles. The number of rotatable bonds is 27. The van der Waals surface area contributed by atoms with Crippen LogP contribution in [0.3, 0.4) is 0 Å². The molecule has 2 aliphatic rings. The number of Topliss-reactive ketones (excluding diaryl/α,β-unsaturated/α-hetero) is 2. The zero-order valence-electron chi connectivity index (χ0n) is 69.2. The molecule has 0 unspecified atom stereocenters. The van der Waals surface area contributed by atoms with Gasteiger partial charge in [0.2, 0.25) is 0 Å². The average Bonchev–Trinajstić information content (AvgIpc) is 0.801. The second kappa shape index (κ2) is 44.4. The summed E-state index contributed by atoms with van der Waals surface area (Å²) >= 11 is 0. The van der Waals surface area contributed by atoms with E-state index < -0.39 is 0 Å². The number of carbonyl (C=O) groups excluding carboxylic acids is 4. The van der Waals surface area contributed by atoms with Crippen LogP contribution in [0.2, 0.25) is 0 Å². The standard InChI is InChI=1S/C26H30O6.C20H22O4.2C20H26O2.C14H14O2/c27-23-13-11-21(17-7-1-3-9-19(17)23)25(29)31-15-5-6-16-32-26(30)22-12-14-24(28)20-10-4-2-8-18(20)22;1-13-11-15(7-9-17(13)21)19(23)5-3-4-6-20(24)16-8-10-18(22)14(2)12-16;1-13(2)17-11-15(7-9-19(17)21)5-6-16-8-10-20(22)18(12-16)14(3)4;1-15-13-17(9-11-19(15)21)7-5-3-4-6-8-18-10-12-20(22)16(2)14-18;1-9-7-11(3-5-13(9)15)12-4-6-14(16)10(2)8-12/h11-14,27-28H,1-10,15-16H2;7-12,21-22H,3-6H2,1-2H3;7-14,21-22H,5-6H2,1-4H3;9-14,21-22H,3-8H2,1-2H3;3-8,15-16H,1-2H3. The number of ketones is 2. The van der Waals surface area contributed by atoms with Crippen LogP contribution in [0, 0.1) is 41.5 Å². The van der Waals surface area contributed by atoms with Gasteiger partial charge in [0.1, 0.15) is 57.5 Å². The molecule has 116 heavy (non-hydrogen) atoms. The van der Waals surface area contributed by atoms with E-state index in [4.69, 9.17) is 9.47 Å². The molecule has 10 N–H and O–H groups in total. The lowest BCUT2D eigenvalue weighted by atomic mass is 9.87. The maximum atomic E-state index is 12.5. The number of ether oxygens (including phenoxy) is 2. The first-order valence-electron chi connectivity index (χ1n) is 40.9. The smallest absolute Gasteiger partial charge is 0.338 e. The van der Waals surface area contributed by atoms with Crippen LogP contribution < -0.4 is 0 Å². The van der Waals surface area contributed by atoms with Gasteiger partial charge in [-0.25, -0.2) is 9.59 Å². The van der Waals surface area contributed by atoms with Crippen LogP contribution in [0.25, 0.3) is 11.1 Å². The Labute approximate surface area is 684 Å². The maximum absolute atomic E-state index is 12.5. The monoisotopic (exact) mass is 1570 g/mol. The van der Waals surface area contributed by atoms with Crippen molar-refractivity contribution in [1.82, 2.24) is 0 Å². The lowest BCUT2D eigenvalue weighted by Gasteiger charge is -2.20. The van der Waals surface area contributed by atoms with Crippen LogP contribution in [-0.4, -0.2) is 87.8 Å². The molecule has 0 saturated heterocycles. The summed E-state index contributed by atoms with van der Waals surface area (Å²) in [5.74, 6) is 2.96. The number of hydrogen-bond donors (Lipinski definition) is 10. The van der Waals surface area contributed by atoms with Crippen molar-refractivity contribution in [2.24, 2.45) is 0 Å². The Kier molecular flexibility index (Phi) is 34.4. The Hall–Kier alpha value is -11.5. The van der Waals surface area contributed by atoms with E-state index in [0.717, 1.165) is 144 Å². The zero-order chi connectivity index (χ0) is 84.1. The number of unbranched alkanes of at least 4 members (excludes halogenated alkanes) is 5.